The van der Waals surface area contributed by atoms with E-state index in [0.29, 0.717) is 13.0 Å². The van der Waals surface area contributed by atoms with E-state index in [2.05, 4.69) is 5.32 Å². The fourth-order valence-corrected chi connectivity index (χ4v) is 1.71. The number of amides is 1. The van der Waals surface area contributed by atoms with Crippen molar-refractivity contribution in [1.82, 2.24) is 5.32 Å². The minimum atomic E-state index is -1.00. The second-order valence-corrected chi connectivity index (χ2v) is 4.42. The summed E-state index contributed by atoms with van der Waals surface area (Å²) in [6, 6.07) is -0.835. The molecule has 1 amide bonds. The molecule has 0 radical (unpaired) electrons. The summed E-state index contributed by atoms with van der Waals surface area (Å²) in [5.74, 6) is -1.44. The topological polar surface area (TPSA) is 75.6 Å². The lowest BCUT2D eigenvalue weighted by Crippen LogP contribution is -2.49. The number of carbonyl (C=O) groups is 2. The number of carboxylic acids is 1. The van der Waals surface area contributed by atoms with E-state index < -0.39 is 18.1 Å². The summed E-state index contributed by atoms with van der Waals surface area (Å²) >= 11 is 0. The van der Waals surface area contributed by atoms with Crippen LogP contribution in [0.5, 0.6) is 0 Å². The molecule has 2 N–H and O–H groups in total. The maximum atomic E-state index is 11.7. The number of hydrogen-bond donors (Lipinski definition) is 2. The number of carbonyl (C=O) groups excluding carboxylic acids is 1. The molecule has 1 rings (SSSR count). The maximum absolute atomic E-state index is 11.7. The van der Waals surface area contributed by atoms with Crippen molar-refractivity contribution in [3.05, 3.63) is 0 Å². The van der Waals surface area contributed by atoms with Gasteiger partial charge < -0.3 is 15.2 Å². The average molecular weight is 229 g/mol. The average Bonchev–Trinajstić information content (AvgIpc) is 2.25. The van der Waals surface area contributed by atoms with Crippen molar-refractivity contribution in [2.45, 2.75) is 45.3 Å². The molecule has 0 spiro atoms. The summed E-state index contributed by atoms with van der Waals surface area (Å²) in [6.07, 6.45) is 2.12. The molecule has 0 aliphatic carbocycles. The van der Waals surface area contributed by atoms with Crippen molar-refractivity contribution >= 4 is 11.9 Å². The molecule has 0 saturated carbocycles. The van der Waals surface area contributed by atoms with E-state index in [0.717, 1.165) is 12.8 Å². The van der Waals surface area contributed by atoms with E-state index in [1.165, 1.54) is 0 Å². The van der Waals surface area contributed by atoms with Crippen LogP contribution in [0.25, 0.3) is 0 Å². The summed E-state index contributed by atoms with van der Waals surface area (Å²) < 4.78 is 5.30. The predicted octanol–water partition coefficient (Wildman–Crippen LogP) is 0.781. The second kappa shape index (κ2) is 5.84. The van der Waals surface area contributed by atoms with Gasteiger partial charge in [-0.2, -0.15) is 0 Å². The zero-order valence-corrected chi connectivity index (χ0v) is 9.73. The molecule has 1 aliphatic rings. The van der Waals surface area contributed by atoms with Crippen LogP contribution in [0.4, 0.5) is 0 Å². The molecule has 0 aromatic carbocycles. The summed E-state index contributed by atoms with van der Waals surface area (Å²) in [6.45, 7) is 4.11. The van der Waals surface area contributed by atoms with E-state index >= 15 is 0 Å². The van der Waals surface area contributed by atoms with Crippen LogP contribution in [0.3, 0.4) is 0 Å². The number of nitrogens with one attached hydrogen (secondary N) is 1. The van der Waals surface area contributed by atoms with Gasteiger partial charge in [-0.15, -0.1) is 0 Å². The molecule has 1 aliphatic heterocycles. The van der Waals surface area contributed by atoms with Crippen molar-refractivity contribution < 1.29 is 19.4 Å². The van der Waals surface area contributed by atoms with Crippen molar-refractivity contribution in [3.8, 4) is 0 Å². The lowest BCUT2D eigenvalue weighted by atomic mass is 10.0. The third-order valence-corrected chi connectivity index (χ3v) is 2.70. The monoisotopic (exact) mass is 229 g/mol. The van der Waals surface area contributed by atoms with Crippen LogP contribution in [-0.2, 0) is 14.3 Å². The van der Waals surface area contributed by atoms with E-state index in [4.69, 9.17) is 9.84 Å². The quantitative estimate of drug-likeness (QED) is 0.747. The first-order chi connectivity index (χ1) is 7.52. The van der Waals surface area contributed by atoms with Gasteiger partial charge in [-0.05, 0) is 25.2 Å². The fourth-order valence-electron chi connectivity index (χ4n) is 1.71. The molecule has 0 aromatic heterocycles. The SMILES string of the molecule is CC(C)C(NC(=O)C1CCCCO1)C(=O)O. The molecule has 2 atom stereocenters. The van der Waals surface area contributed by atoms with Gasteiger partial charge in [-0.1, -0.05) is 13.8 Å². The first-order valence-electron chi connectivity index (χ1n) is 5.67. The lowest BCUT2D eigenvalue weighted by molar-refractivity contribution is -0.146. The van der Waals surface area contributed by atoms with Gasteiger partial charge in [-0.25, -0.2) is 4.79 Å². The van der Waals surface area contributed by atoms with E-state index in [-0.39, 0.29) is 11.8 Å². The van der Waals surface area contributed by atoms with Gasteiger partial charge in [0.2, 0.25) is 5.91 Å². The van der Waals surface area contributed by atoms with Gasteiger partial charge in [-0.3, -0.25) is 4.79 Å². The van der Waals surface area contributed by atoms with Crippen LogP contribution >= 0.6 is 0 Å². The van der Waals surface area contributed by atoms with Gasteiger partial charge in [0.05, 0.1) is 0 Å². The van der Waals surface area contributed by atoms with Crippen molar-refractivity contribution in [2.75, 3.05) is 6.61 Å². The van der Waals surface area contributed by atoms with Crippen LogP contribution in [0.1, 0.15) is 33.1 Å². The van der Waals surface area contributed by atoms with Crippen LogP contribution < -0.4 is 5.32 Å². The summed E-state index contributed by atoms with van der Waals surface area (Å²) in [5, 5.41) is 11.5. The smallest absolute Gasteiger partial charge is 0.326 e. The van der Waals surface area contributed by atoms with Crippen molar-refractivity contribution in [3.63, 3.8) is 0 Å². The summed E-state index contributed by atoms with van der Waals surface area (Å²) in [4.78, 5) is 22.6. The summed E-state index contributed by atoms with van der Waals surface area (Å²) in [7, 11) is 0. The third kappa shape index (κ3) is 3.48. The standard InChI is InChI=1S/C11H19NO4/c1-7(2)9(11(14)15)12-10(13)8-5-3-4-6-16-8/h7-9H,3-6H2,1-2H3,(H,12,13)(H,14,15). The highest BCUT2D eigenvalue weighted by Gasteiger charge is 2.28. The molecule has 5 heteroatoms. The van der Waals surface area contributed by atoms with Gasteiger partial charge in [0.15, 0.2) is 0 Å². The molecule has 2 unspecified atom stereocenters. The molecule has 1 heterocycles. The Morgan fingerprint density at radius 1 is 1.38 bits per heavy atom. The Morgan fingerprint density at radius 2 is 2.06 bits per heavy atom. The molecular weight excluding hydrogens is 210 g/mol. The van der Waals surface area contributed by atoms with Gasteiger partial charge >= 0.3 is 5.97 Å². The lowest BCUT2D eigenvalue weighted by Gasteiger charge is -2.25. The minimum Gasteiger partial charge on any atom is -0.480 e. The Labute approximate surface area is 95.2 Å². The van der Waals surface area contributed by atoms with E-state index in [9.17, 15) is 9.59 Å². The predicted molar refractivity (Wildman–Crippen MR) is 58.0 cm³/mol. The van der Waals surface area contributed by atoms with E-state index in [1.807, 2.05) is 0 Å². The zero-order chi connectivity index (χ0) is 12.1. The Bertz CT molecular complexity index is 259. The molecule has 5 nitrogen and oxygen atoms in total. The Morgan fingerprint density at radius 3 is 2.50 bits per heavy atom. The Kier molecular flexibility index (Phi) is 4.73. The van der Waals surface area contributed by atoms with Crippen LogP contribution in [0.15, 0.2) is 0 Å². The van der Waals surface area contributed by atoms with Crippen molar-refractivity contribution in [1.29, 1.82) is 0 Å². The van der Waals surface area contributed by atoms with Gasteiger partial charge in [0, 0.05) is 6.61 Å². The number of ether oxygens (including phenoxy) is 1. The van der Waals surface area contributed by atoms with Gasteiger partial charge in [0.25, 0.3) is 0 Å². The van der Waals surface area contributed by atoms with E-state index in [1.54, 1.807) is 13.8 Å². The largest absolute Gasteiger partial charge is 0.480 e. The van der Waals surface area contributed by atoms with Crippen LogP contribution in [0, 0.1) is 5.92 Å². The first-order valence-corrected chi connectivity index (χ1v) is 5.67. The zero-order valence-electron chi connectivity index (χ0n) is 9.73. The second-order valence-electron chi connectivity index (χ2n) is 4.42. The molecule has 0 bridgehead atoms. The number of carboxylic acid groups (broad SMARTS) is 1. The normalized spacial score (nSPS) is 22.8. The molecular formula is C11H19NO4. The van der Waals surface area contributed by atoms with Crippen LogP contribution in [-0.4, -0.2) is 35.7 Å². The maximum Gasteiger partial charge on any atom is 0.326 e. The number of aliphatic carboxylic acids is 1. The Balaban J connectivity index is 2.50. The molecule has 1 fully saturated rings. The highest BCUT2D eigenvalue weighted by molar-refractivity contribution is 5.86. The minimum absolute atomic E-state index is 0.134. The molecule has 16 heavy (non-hydrogen) atoms. The fraction of sp³-hybridized carbons (Fsp3) is 0.818. The first kappa shape index (κ1) is 13.0. The molecule has 92 valence electrons. The number of hydrogen-bond acceptors (Lipinski definition) is 3. The Hall–Kier alpha value is -1.10. The van der Waals surface area contributed by atoms with Gasteiger partial charge in [0.1, 0.15) is 12.1 Å². The highest BCUT2D eigenvalue weighted by atomic mass is 16.5. The number of rotatable bonds is 4. The third-order valence-electron chi connectivity index (χ3n) is 2.70. The highest BCUT2D eigenvalue weighted by Crippen LogP contribution is 2.13. The summed E-state index contributed by atoms with van der Waals surface area (Å²) in [5.41, 5.74) is 0. The van der Waals surface area contributed by atoms with Crippen molar-refractivity contribution in [2.24, 2.45) is 5.92 Å². The molecule has 1 saturated heterocycles. The van der Waals surface area contributed by atoms with Crippen LogP contribution in [0.2, 0.25) is 0 Å². The molecule has 0 aromatic rings.